The van der Waals surface area contributed by atoms with Crippen LogP contribution in [0, 0.1) is 5.82 Å². The predicted octanol–water partition coefficient (Wildman–Crippen LogP) is 4.15. The number of hydrogen-bond acceptors (Lipinski definition) is 3. The Balaban J connectivity index is 1.93. The third kappa shape index (κ3) is 4.80. The van der Waals surface area contributed by atoms with Gasteiger partial charge < -0.3 is 10.1 Å². The molecule has 0 heterocycles. The Morgan fingerprint density at radius 3 is 2.58 bits per heavy atom. The second kappa shape index (κ2) is 8.45. The summed E-state index contributed by atoms with van der Waals surface area (Å²) in [5.74, 6) is -2.19. The van der Waals surface area contributed by atoms with Crippen LogP contribution < -0.4 is 5.32 Å². The first kappa shape index (κ1) is 17.9. The molecule has 0 fully saturated rings. The molecule has 0 aromatic heterocycles. The smallest absolute Gasteiger partial charge is 0.313 e. The number of benzene rings is 2. The fraction of sp³-hybridized carbons (Fsp3) is 0.222. The van der Waals surface area contributed by atoms with E-state index >= 15 is 0 Å². The van der Waals surface area contributed by atoms with E-state index < -0.39 is 30.2 Å². The number of ether oxygens (including phenoxy) is 1. The summed E-state index contributed by atoms with van der Waals surface area (Å²) >= 11 is 5.75. The molecule has 2 rings (SSSR count). The topological polar surface area (TPSA) is 55.4 Å². The summed E-state index contributed by atoms with van der Waals surface area (Å²) in [7, 11) is 0. The SMILES string of the molecule is CC[C@H](C(=O)OCC(=O)Nc1cc(Cl)ccc1F)c1ccccc1. The Kier molecular flexibility index (Phi) is 6.32. The van der Waals surface area contributed by atoms with Gasteiger partial charge in [0.25, 0.3) is 5.91 Å². The molecule has 4 nitrogen and oxygen atoms in total. The lowest BCUT2D eigenvalue weighted by Gasteiger charge is -2.14. The Morgan fingerprint density at radius 1 is 1.21 bits per heavy atom. The number of esters is 1. The minimum absolute atomic E-state index is 0.0568. The highest BCUT2D eigenvalue weighted by Gasteiger charge is 2.21. The lowest BCUT2D eigenvalue weighted by atomic mass is 9.97. The summed E-state index contributed by atoms with van der Waals surface area (Å²) in [6, 6.07) is 13.0. The van der Waals surface area contributed by atoms with Gasteiger partial charge in [-0.05, 0) is 30.2 Å². The average molecular weight is 350 g/mol. The zero-order valence-corrected chi connectivity index (χ0v) is 13.8. The monoisotopic (exact) mass is 349 g/mol. The van der Waals surface area contributed by atoms with Crippen LogP contribution in [0.4, 0.5) is 10.1 Å². The van der Waals surface area contributed by atoms with E-state index in [1.165, 1.54) is 12.1 Å². The first-order chi connectivity index (χ1) is 11.5. The van der Waals surface area contributed by atoms with Gasteiger partial charge in [0, 0.05) is 5.02 Å². The fourth-order valence-electron chi connectivity index (χ4n) is 2.24. The van der Waals surface area contributed by atoms with Crippen LogP contribution in [-0.4, -0.2) is 18.5 Å². The molecule has 0 aliphatic carbocycles. The molecular weight excluding hydrogens is 333 g/mol. The van der Waals surface area contributed by atoms with Crippen molar-refractivity contribution >= 4 is 29.2 Å². The maximum atomic E-state index is 13.6. The number of halogens is 2. The molecule has 0 unspecified atom stereocenters. The van der Waals surface area contributed by atoms with E-state index in [9.17, 15) is 14.0 Å². The summed E-state index contributed by atoms with van der Waals surface area (Å²) in [4.78, 5) is 24.0. The fourth-order valence-corrected chi connectivity index (χ4v) is 2.41. The normalized spacial score (nSPS) is 11.6. The number of anilines is 1. The number of carbonyl (C=O) groups excluding carboxylic acids is 2. The van der Waals surface area contributed by atoms with Gasteiger partial charge in [0.05, 0.1) is 11.6 Å². The molecule has 1 atom stereocenters. The van der Waals surface area contributed by atoms with E-state index in [1.54, 1.807) is 0 Å². The zero-order valence-electron chi connectivity index (χ0n) is 13.1. The minimum Gasteiger partial charge on any atom is -0.455 e. The van der Waals surface area contributed by atoms with Crippen LogP contribution in [0.2, 0.25) is 5.02 Å². The van der Waals surface area contributed by atoms with Crippen LogP contribution in [-0.2, 0) is 14.3 Å². The quantitative estimate of drug-likeness (QED) is 0.797. The van der Waals surface area contributed by atoms with Crippen molar-refractivity contribution in [2.45, 2.75) is 19.3 Å². The van der Waals surface area contributed by atoms with E-state index in [2.05, 4.69) is 5.32 Å². The summed E-state index contributed by atoms with van der Waals surface area (Å²) in [6.07, 6.45) is 0.549. The van der Waals surface area contributed by atoms with Gasteiger partial charge in [-0.3, -0.25) is 9.59 Å². The van der Waals surface area contributed by atoms with E-state index in [0.717, 1.165) is 11.6 Å². The lowest BCUT2D eigenvalue weighted by Crippen LogP contribution is -2.24. The van der Waals surface area contributed by atoms with Crippen molar-refractivity contribution in [1.29, 1.82) is 0 Å². The highest BCUT2D eigenvalue weighted by molar-refractivity contribution is 6.30. The highest BCUT2D eigenvalue weighted by Crippen LogP contribution is 2.21. The van der Waals surface area contributed by atoms with E-state index in [4.69, 9.17) is 16.3 Å². The molecule has 1 N–H and O–H groups in total. The first-order valence-electron chi connectivity index (χ1n) is 7.47. The Labute approximate surface area is 144 Å². The van der Waals surface area contributed by atoms with Crippen molar-refractivity contribution in [3.63, 3.8) is 0 Å². The Bertz CT molecular complexity index is 721. The Hall–Kier alpha value is -2.40. The van der Waals surface area contributed by atoms with Gasteiger partial charge in [0.2, 0.25) is 0 Å². The molecule has 6 heteroatoms. The summed E-state index contributed by atoms with van der Waals surface area (Å²) < 4.78 is 18.6. The maximum absolute atomic E-state index is 13.6. The highest BCUT2D eigenvalue weighted by atomic mass is 35.5. The standard InChI is InChI=1S/C18H17ClFNO3/c1-2-14(12-6-4-3-5-7-12)18(23)24-11-17(22)21-16-10-13(19)8-9-15(16)20/h3-10,14H,2,11H2,1H3,(H,21,22)/t14-/m0/s1. The predicted molar refractivity (Wildman–Crippen MR) is 90.5 cm³/mol. The second-order valence-corrected chi connectivity index (χ2v) is 5.59. The molecule has 0 saturated carbocycles. The van der Waals surface area contributed by atoms with Gasteiger partial charge in [-0.2, -0.15) is 0 Å². The van der Waals surface area contributed by atoms with Crippen molar-refractivity contribution in [2.24, 2.45) is 0 Å². The van der Waals surface area contributed by atoms with Crippen LogP contribution in [0.25, 0.3) is 0 Å². The van der Waals surface area contributed by atoms with Crippen LogP contribution >= 0.6 is 11.6 Å². The van der Waals surface area contributed by atoms with Gasteiger partial charge in [0.1, 0.15) is 5.82 Å². The number of rotatable bonds is 6. The number of amides is 1. The molecule has 0 radical (unpaired) electrons. The number of nitrogens with one attached hydrogen (secondary N) is 1. The van der Waals surface area contributed by atoms with Gasteiger partial charge in [-0.25, -0.2) is 4.39 Å². The van der Waals surface area contributed by atoms with Gasteiger partial charge in [-0.1, -0.05) is 48.9 Å². The van der Waals surface area contributed by atoms with Gasteiger partial charge >= 0.3 is 5.97 Å². The third-order valence-electron chi connectivity index (χ3n) is 3.44. The molecule has 0 aliphatic rings. The average Bonchev–Trinajstić information content (AvgIpc) is 2.58. The van der Waals surface area contributed by atoms with Crippen LogP contribution in [0.3, 0.4) is 0 Å². The molecule has 0 spiro atoms. The molecule has 24 heavy (non-hydrogen) atoms. The van der Waals surface area contributed by atoms with Crippen molar-refractivity contribution in [3.05, 3.63) is 64.9 Å². The van der Waals surface area contributed by atoms with Crippen LogP contribution in [0.5, 0.6) is 0 Å². The van der Waals surface area contributed by atoms with Crippen molar-refractivity contribution in [3.8, 4) is 0 Å². The molecule has 2 aromatic carbocycles. The second-order valence-electron chi connectivity index (χ2n) is 5.15. The van der Waals surface area contributed by atoms with Crippen molar-refractivity contribution < 1.29 is 18.7 Å². The molecule has 0 saturated heterocycles. The molecule has 0 bridgehead atoms. The summed E-state index contributed by atoms with van der Waals surface area (Å²) in [6.45, 7) is 1.37. The van der Waals surface area contributed by atoms with Crippen molar-refractivity contribution in [1.82, 2.24) is 0 Å². The molecule has 2 aromatic rings. The lowest BCUT2D eigenvalue weighted by molar-refractivity contribution is -0.149. The van der Waals surface area contributed by atoms with Gasteiger partial charge in [0.15, 0.2) is 6.61 Å². The van der Waals surface area contributed by atoms with Crippen LogP contribution in [0.15, 0.2) is 48.5 Å². The minimum atomic E-state index is -0.632. The van der Waals surface area contributed by atoms with Gasteiger partial charge in [-0.15, -0.1) is 0 Å². The first-order valence-corrected chi connectivity index (χ1v) is 7.85. The maximum Gasteiger partial charge on any atom is 0.313 e. The third-order valence-corrected chi connectivity index (χ3v) is 3.68. The van der Waals surface area contributed by atoms with Crippen LogP contribution in [0.1, 0.15) is 24.8 Å². The molecular formula is C18H17ClFNO3. The van der Waals surface area contributed by atoms with E-state index in [1.807, 2.05) is 37.3 Å². The molecule has 126 valence electrons. The molecule has 0 aliphatic heterocycles. The number of hydrogen-bond donors (Lipinski definition) is 1. The largest absolute Gasteiger partial charge is 0.455 e. The van der Waals surface area contributed by atoms with E-state index in [0.29, 0.717) is 11.4 Å². The zero-order chi connectivity index (χ0) is 17.5. The van der Waals surface area contributed by atoms with E-state index in [-0.39, 0.29) is 5.69 Å². The summed E-state index contributed by atoms with van der Waals surface area (Å²) in [5, 5.41) is 2.62. The Morgan fingerprint density at radius 2 is 1.92 bits per heavy atom. The van der Waals surface area contributed by atoms with Crippen molar-refractivity contribution in [2.75, 3.05) is 11.9 Å². The molecule has 1 amide bonds. The number of carbonyl (C=O) groups is 2. The summed E-state index contributed by atoms with van der Waals surface area (Å²) in [5.41, 5.74) is 0.768.